The van der Waals surface area contributed by atoms with Crippen LogP contribution in [0.3, 0.4) is 0 Å². The normalized spacial score (nSPS) is 11.3. The molecule has 0 aromatic heterocycles. The molecule has 0 radical (unpaired) electrons. The molecule has 0 aliphatic carbocycles. The zero-order chi connectivity index (χ0) is 16.1. The number of hydrogen-bond acceptors (Lipinski definition) is 1. The molecule has 112 valence electrons. The molecule has 0 saturated carbocycles. The van der Waals surface area contributed by atoms with Crippen LogP contribution in [0.1, 0.15) is 21.5 Å². The molecule has 0 unspecified atom stereocenters. The average Bonchev–Trinajstić information content (AvgIpc) is 2.61. The van der Waals surface area contributed by atoms with E-state index in [1.54, 1.807) is 0 Å². The highest BCUT2D eigenvalue weighted by atomic mass is 79.9. The van der Waals surface area contributed by atoms with Crippen molar-refractivity contribution >= 4 is 33.4 Å². The highest BCUT2D eigenvalue weighted by Crippen LogP contribution is 2.23. The Kier molecular flexibility index (Phi) is 4.84. The fourth-order valence-electron chi connectivity index (χ4n) is 2.37. The predicted molar refractivity (Wildman–Crippen MR) is 99.2 cm³/mol. The van der Waals surface area contributed by atoms with E-state index in [1.165, 1.54) is 0 Å². The Morgan fingerprint density at radius 2 is 1.26 bits per heavy atom. The zero-order valence-corrected chi connectivity index (χ0v) is 14.0. The Labute approximate surface area is 144 Å². The van der Waals surface area contributed by atoms with Crippen LogP contribution in [0.5, 0.6) is 0 Å². The first-order chi connectivity index (χ1) is 11.2. The van der Waals surface area contributed by atoms with Crippen molar-refractivity contribution in [3.05, 3.63) is 106 Å². The third-order valence-electron chi connectivity index (χ3n) is 3.55. The van der Waals surface area contributed by atoms with Crippen molar-refractivity contribution in [1.82, 2.24) is 0 Å². The van der Waals surface area contributed by atoms with Gasteiger partial charge in [-0.25, -0.2) is 0 Å². The van der Waals surface area contributed by atoms with E-state index in [9.17, 15) is 4.79 Å². The summed E-state index contributed by atoms with van der Waals surface area (Å²) in [5.41, 5.74) is 3.31. The van der Waals surface area contributed by atoms with Gasteiger partial charge in [-0.3, -0.25) is 4.79 Å². The second-order valence-corrected chi connectivity index (χ2v) is 6.09. The van der Waals surface area contributed by atoms with Crippen LogP contribution < -0.4 is 0 Å². The number of benzene rings is 3. The molecule has 3 aromatic rings. The fourth-order valence-corrected chi connectivity index (χ4v) is 2.63. The SMILES string of the molecule is O=C(/C(=C\c1ccccc1)c1ccccc1)c1ccc(Br)cc1. The van der Waals surface area contributed by atoms with Gasteiger partial charge in [0.25, 0.3) is 0 Å². The lowest BCUT2D eigenvalue weighted by Gasteiger charge is -2.08. The first-order valence-electron chi connectivity index (χ1n) is 7.36. The third kappa shape index (κ3) is 3.85. The van der Waals surface area contributed by atoms with E-state index in [0.717, 1.165) is 15.6 Å². The van der Waals surface area contributed by atoms with Gasteiger partial charge >= 0.3 is 0 Å². The van der Waals surface area contributed by atoms with Crippen LogP contribution in [-0.2, 0) is 0 Å². The van der Waals surface area contributed by atoms with E-state index < -0.39 is 0 Å². The molecule has 3 rings (SSSR count). The van der Waals surface area contributed by atoms with E-state index >= 15 is 0 Å². The highest BCUT2D eigenvalue weighted by molar-refractivity contribution is 9.10. The van der Waals surface area contributed by atoms with Crippen molar-refractivity contribution in [2.75, 3.05) is 0 Å². The van der Waals surface area contributed by atoms with Crippen molar-refractivity contribution in [3.8, 4) is 0 Å². The highest BCUT2D eigenvalue weighted by Gasteiger charge is 2.14. The second-order valence-electron chi connectivity index (χ2n) is 5.17. The van der Waals surface area contributed by atoms with Crippen molar-refractivity contribution in [2.45, 2.75) is 0 Å². The van der Waals surface area contributed by atoms with Gasteiger partial charge in [0.15, 0.2) is 5.78 Å². The molecule has 0 aliphatic rings. The van der Waals surface area contributed by atoms with Crippen LogP contribution in [0, 0.1) is 0 Å². The Morgan fingerprint density at radius 3 is 1.87 bits per heavy atom. The Balaban J connectivity index is 2.07. The zero-order valence-electron chi connectivity index (χ0n) is 12.4. The molecule has 0 saturated heterocycles. The number of carbonyl (C=O) groups is 1. The summed E-state index contributed by atoms with van der Waals surface area (Å²) in [6.45, 7) is 0. The minimum Gasteiger partial charge on any atom is -0.289 e. The van der Waals surface area contributed by atoms with E-state index in [0.29, 0.717) is 11.1 Å². The monoisotopic (exact) mass is 362 g/mol. The van der Waals surface area contributed by atoms with Crippen LogP contribution in [0.2, 0.25) is 0 Å². The van der Waals surface area contributed by atoms with E-state index in [4.69, 9.17) is 0 Å². The summed E-state index contributed by atoms with van der Waals surface area (Å²) < 4.78 is 0.961. The maximum absolute atomic E-state index is 13.0. The minimum absolute atomic E-state index is 0.0209. The van der Waals surface area contributed by atoms with Crippen molar-refractivity contribution < 1.29 is 4.79 Å². The molecule has 23 heavy (non-hydrogen) atoms. The quantitative estimate of drug-likeness (QED) is 0.322. The topological polar surface area (TPSA) is 17.1 Å². The number of Topliss-reactive ketones (excluding diaryl/α,β-unsaturated/α-hetero) is 1. The Morgan fingerprint density at radius 1 is 0.696 bits per heavy atom. The standard InChI is InChI=1S/C21H15BrO/c22-19-13-11-18(12-14-19)21(23)20(17-9-5-2-6-10-17)15-16-7-3-1-4-8-16/h1-15H/b20-15-. The van der Waals surface area contributed by atoms with Gasteiger partial charge < -0.3 is 0 Å². The van der Waals surface area contributed by atoms with Crippen molar-refractivity contribution in [1.29, 1.82) is 0 Å². The molecule has 0 N–H and O–H groups in total. The molecule has 3 aromatic carbocycles. The first kappa shape index (κ1) is 15.4. The van der Waals surface area contributed by atoms with Gasteiger partial charge in [0.05, 0.1) is 0 Å². The molecule has 0 aliphatic heterocycles. The van der Waals surface area contributed by atoms with Gasteiger partial charge in [0, 0.05) is 15.6 Å². The van der Waals surface area contributed by atoms with Crippen LogP contribution in [0.25, 0.3) is 11.6 Å². The Bertz CT molecular complexity index is 819. The summed E-state index contributed by atoms with van der Waals surface area (Å²) >= 11 is 3.40. The number of hydrogen-bond donors (Lipinski definition) is 0. The summed E-state index contributed by atoms with van der Waals surface area (Å²) in [6, 6.07) is 27.1. The molecule has 2 heteroatoms. The van der Waals surface area contributed by atoms with Crippen molar-refractivity contribution in [2.24, 2.45) is 0 Å². The van der Waals surface area contributed by atoms with Crippen LogP contribution in [0.4, 0.5) is 0 Å². The molecule has 0 bridgehead atoms. The lowest BCUT2D eigenvalue weighted by Crippen LogP contribution is -2.02. The number of carbonyl (C=O) groups excluding carboxylic acids is 1. The number of ketones is 1. The second kappa shape index (κ2) is 7.21. The summed E-state index contributed by atoms with van der Waals surface area (Å²) in [6.07, 6.45) is 1.94. The molecule has 0 spiro atoms. The molecule has 0 atom stereocenters. The maximum Gasteiger partial charge on any atom is 0.193 e. The van der Waals surface area contributed by atoms with E-state index in [1.807, 2.05) is 91.0 Å². The number of halogens is 1. The summed E-state index contributed by atoms with van der Waals surface area (Å²) in [4.78, 5) is 13.0. The smallest absolute Gasteiger partial charge is 0.193 e. The number of rotatable bonds is 4. The van der Waals surface area contributed by atoms with E-state index in [-0.39, 0.29) is 5.78 Å². The van der Waals surface area contributed by atoms with Crippen LogP contribution in [0.15, 0.2) is 89.4 Å². The fraction of sp³-hybridized carbons (Fsp3) is 0. The van der Waals surface area contributed by atoms with Crippen LogP contribution >= 0.6 is 15.9 Å². The largest absolute Gasteiger partial charge is 0.289 e. The number of allylic oxidation sites excluding steroid dienone is 1. The average molecular weight is 363 g/mol. The summed E-state index contributed by atoms with van der Waals surface area (Å²) in [5.74, 6) is 0.0209. The lowest BCUT2D eigenvalue weighted by molar-refractivity contribution is 0.105. The predicted octanol–water partition coefficient (Wildman–Crippen LogP) is 5.87. The van der Waals surface area contributed by atoms with Crippen molar-refractivity contribution in [3.63, 3.8) is 0 Å². The third-order valence-corrected chi connectivity index (χ3v) is 4.08. The summed E-state index contributed by atoms with van der Waals surface area (Å²) in [7, 11) is 0. The van der Waals surface area contributed by atoms with Gasteiger partial charge in [0.1, 0.15) is 0 Å². The van der Waals surface area contributed by atoms with Gasteiger partial charge in [-0.2, -0.15) is 0 Å². The minimum atomic E-state index is 0.0209. The van der Waals surface area contributed by atoms with Gasteiger partial charge in [-0.05, 0) is 41.5 Å². The maximum atomic E-state index is 13.0. The summed E-state index contributed by atoms with van der Waals surface area (Å²) in [5, 5.41) is 0. The van der Waals surface area contributed by atoms with Crippen LogP contribution in [-0.4, -0.2) is 5.78 Å². The lowest BCUT2D eigenvalue weighted by atomic mass is 9.95. The molecule has 0 fully saturated rings. The first-order valence-corrected chi connectivity index (χ1v) is 8.16. The molecule has 1 nitrogen and oxygen atoms in total. The Hall–Kier alpha value is -2.45. The molecule has 0 heterocycles. The molecular formula is C21H15BrO. The van der Waals surface area contributed by atoms with Gasteiger partial charge in [-0.1, -0.05) is 76.6 Å². The van der Waals surface area contributed by atoms with E-state index in [2.05, 4.69) is 15.9 Å². The molecular weight excluding hydrogens is 348 g/mol. The molecule has 0 amide bonds. The van der Waals surface area contributed by atoms with Gasteiger partial charge in [-0.15, -0.1) is 0 Å². The van der Waals surface area contributed by atoms with Gasteiger partial charge in [0.2, 0.25) is 0 Å².